The number of anilines is 1. The highest BCUT2D eigenvalue weighted by Gasteiger charge is 2.09. The Bertz CT molecular complexity index is 476. The van der Waals surface area contributed by atoms with Crippen LogP contribution in [0.25, 0.3) is 5.95 Å². The highest BCUT2D eigenvalue weighted by atomic mass is 16.5. The number of nitrogens with one attached hydrogen (secondary N) is 1. The van der Waals surface area contributed by atoms with Gasteiger partial charge in [-0.15, -0.1) is 0 Å². The summed E-state index contributed by atoms with van der Waals surface area (Å²) in [4.78, 5) is 16.2. The zero-order valence-corrected chi connectivity index (χ0v) is 10.5. The Balaban J connectivity index is 2.25. The molecule has 0 amide bonds. The van der Waals surface area contributed by atoms with Gasteiger partial charge < -0.3 is 15.2 Å². The van der Waals surface area contributed by atoms with Gasteiger partial charge in [-0.05, 0) is 6.42 Å². The topological polar surface area (TPSA) is 111 Å². The molecule has 9 heteroatoms. The number of ether oxygens (including phenoxy) is 1. The summed E-state index contributed by atoms with van der Waals surface area (Å²) in [5, 5.41) is 15.7. The van der Waals surface area contributed by atoms with Crippen molar-refractivity contribution in [1.82, 2.24) is 29.7 Å². The van der Waals surface area contributed by atoms with Crippen LogP contribution in [-0.4, -0.2) is 54.6 Å². The van der Waals surface area contributed by atoms with Gasteiger partial charge in [0.15, 0.2) is 0 Å². The Morgan fingerprint density at radius 1 is 1.37 bits per heavy atom. The maximum atomic E-state index is 8.75. The van der Waals surface area contributed by atoms with Gasteiger partial charge in [-0.25, -0.2) is 4.98 Å². The van der Waals surface area contributed by atoms with E-state index in [1.807, 2.05) is 6.92 Å². The van der Waals surface area contributed by atoms with E-state index >= 15 is 0 Å². The number of nitrogens with zero attached hydrogens (tertiary/aromatic N) is 6. The first kappa shape index (κ1) is 13.1. The van der Waals surface area contributed by atoms with Crippen molar-refractivity contribution in [2.24, 2.45) is 0 Å². The van der Waals surface area contributed by atoms with Gasteiger partial charge in [0.25, 0.3) is 5.95 Å². The van der Waals surface area contributed by atoms with E-state index in [4.69, 9.17) is 9.84 Å². The van der Waals surface area contributed by atoms with E-state index in [1.165, 1.54) is 17.3 Å². The maximum absolute atomic E-state index is 8.75. The molecule has 0 saturated heterocycles. The van der Waals surface area contributed by atoms with Crippen LogP contribution in [0.2, 0.25) is 0 Å². The summed E-state index contributed by atoms with van der Waals surface area (Å²) in [7, 11) is 0. The molecule has 2 heterocycles. The third-order valence-corrected chi connectivity index (χ3v) is 2.08. The second kappa shape index (κ2) is 6.59. The molecule has 2 rings (SSSR count). The summed E-state index contributed by atoms with van der Waals surface area (Å²) in [6.45, 7) is 2.78. The third-order valence-electron chi connectivity index (χ3n) is 2.08. The Labute approximate surface area is 109 Å². The van der Waals surface area contributed by atoms with Crippen molar-refractivity contribution < 1.29 is 9.84 Å². The molecule has 0 aliphatic heterocycles. The van der Waals surface area contributed by atoms with E-state index in [-0.39, 0.29) is 19.2 Å². The number of hydrogen-bond donors (Lipinski definition) is 2. The van der Waals surface area contributed by atoms with Crippen molar-refractivity contribution >= 4 is 5.95 Å². The van der Waals surface area contributed by atoms with Gasteiger partial charge in [0.05, 0.1) is 6.61 Å². The van der Waals surface area contributed by atoms with Gasteiger partial charge in [0.1, 0.15) is 19.3 Å². The van der Waals surface area contributed by atoms with Crippen LogP contribution < -0.4 is 10.1 Å². The molecule has 0 spiro atoms. The monoisotopic (exact) mass is 265 g/mol. The van der Waals surface area contributed by atoms with Gasteiger partial charge in [-0.1, -0.05) is 6.92 Å². The fraction of sp³-hybridized carbons (Fsp3) is 0.500. The molecule has 0 aliphatic rings. The Kier molecular flexibility index (Phi) is 4.56. The zero-order chi connectivity index (χ0) is 13.5. The number of aromatic nitrogens is 6. The van der Waals surface area contributed by atoms with E-state index in [0.717, 1.165) is 13.0 Å². The van der Waals surface area contributed by atoms with E-state index in [1.54, 1.807) is 0 Å². The van der Waals surface area contributed by atoms with Gasteiger partial charge >= 0.3 is 6.01 Å². The van der Waals surface area contributed by atoms with Crippen molar-refractivity contribution in [2.45, 2.75) is 13.3 Å². The zero-order valence-electron chi connectivity index (χ0n) is 10.5. The summed E-state index contributed by atoms with van der Waals surface area (Å²) in [5.41, 5.74) is 0. The molecule has 0 atom stereocenters. The van der Waals surface area contributed by atoms with Gasteiger partial charge in [0, 0.05) is 6.54 Å². The Morgan fingerprint density at radius 2 is 2.26 bits per heavy atom. The van der Waals surface area contributed by atoms with Crippen LogP contribution in [-0.2, 0) is 0 Å². The standard InChI is InChI=1S/C10H15N7O2/c1-2-3-12-8-14-9(17-7-11-6-13-17)16-10(15-8)19-5-4-18/h6-7,18H,2-5H2,1H3,(H,12,14,15,16). The fourth-order valence-corrected chi connectivity index (χ4v) is 1.28. The van der Waals surface area contributed by atoms with Crippen LogP contribution in [0.4, 0.5) is 5.95 Å². The van der Waals surface area contributed by atoms with Gasteiger partial charge in [-0.2, -0.15) is 24.7 Å². The molecule has 2 aromatic rings. The molecular weight excluding hydrogens is 250 g/mol. The summed E-state index contributed by atoms with van der Waals surface area (Å²) in [6.07, 6.45) is 3.81. The number of hydrogen-bond acceptors (Lipinski definition) is 8. The lowest BCUT2D eigenvalue weighted by Gasteiger charge is -2.08. The van der Waals surface area contributed by atoms with Crippen LogP contribution in [0.5, 0.6) is 6.01 Å². The first-order chi connectivity index (χ1) is 9.33. The van der Waals surface area contributed by atoms with Crippen LogP contribution in [0.15, 0.2) is 12.7 Å². The summed E-state index contributed by atoms with van der Waals surface area (Å²) < 4.78 is 6.61. The highest BCUT2D eigenvalue weighted by Crippen LogP contribution is 2.10. The lowest BCUT2D eigenvalue weighted by molar-refractivity contribution is 0.191. The lowest BCUT2D eigenvalue weighted by atomic mass is 10.5. The number of aliphatic hydroxyl groups excluding tert-OH is 1. The molecule has 0 aromatic carbocycles. The Morgan fingerprint density at radius 3 is 2.95 bits per heavy atom. The summed E-state index contributed by atoms with van der Waals surface area (Å²) >= 11 is 0. The second-order valence-electron chi connectivity index (χ2n) is 3.58. The molecule has 0 aliphatic carbocycles. The van der Waals surface area contributed by atoms with Crippen molar-refractivity contribution in [3.63, 3.8) is 0 Å². The fourth-order valence-electron chi connectivity index (χ4n) is 1.28. The molecule has 0 fully saturated rings. The molecule has 0 saturated carbocycles. The molecule has 0 bridgehead atoms. The van der Waals surface area contributed by atoms with E-state index in [0.29, 0.717) is 11.9 Å². The number of rotatable bonds is 7. The van der Waals surface area contributed by atoms with E-state index in [2.05, 4.69) is 30.4 Å². The van der Waals surface area contributed by atoms with E-state index < -0.39 is 0 Å². The molecule has 19 heavy (non-hydrogen) atoms. The first-order valence-electron chi connectivity index (χ1n) is 5.92. The van der Waals surface area contributed by atoms with Crippen LogP contribution >= 0.6 is 0 Å². The maximum Gasteiger partial charge on any atom is 0.323 e. The average molecular weight is 265 g/mol. The van der Waals surface area contributed by atoms with Crippen molar-refractivity contribution in [3.05, 3.63) is 12.7 Å². The minimum atomic E-state index is -0.109. The van der Waals surface area contributed by atoms with Gasteiger partial charge in [-0.3, -0.25) is 0 Å². The van der Waals surface area contributed by atoms with Crippen LogP contribution in [0.3, 0.4) is 0 Å². The molecule has 9 nitrogen and oxygen atoms in total. The second-order valence-corrected chi connectivity index (χ2v) is 3.58. The largest absolute Gasteiger partial charge is 0.461 e. The van der Waals surface area contributed by atoms with E-state index in [9.17, 15) is 0 Å². The first-order valence-corrected chi connectivity index (χ1v) is 5.92. The SMILES string of the molecule is CCCNc1nc(OCCO)nc(-n2cncn2)n1. The predicted molar refractivity (Wildman–Crippen MR) is 66.1 cm³/mol. The third kappa shape index (κ3) is 3.58. The molecule has 0 radical (unpaired) electrons. The molecule has 2 aromatic heterocycles. The summed E-state index contributed by atoms with van der Waals surface area (Å²) in [6, 6.07) is 0.133. The van der Waals surface area contributed by atoms with Gasteiger partial charge in [0.2, 0.25) is 5.95 Å². The summed E-state index contributed by atoms with van der Waals surface area (Å²) in [5.74, 6) is 0.703. The lowest BCUT2D eigenvalue weighted by Crippen LogP contribution is -2.13. The minimum absolute atomic E-state index is 0.109. The molecule has 102 valence electrons. The highest BCUT2D eigenvalue weighted by molar-refractivity contribution is 5.29. The predicted octanol–water partition coefficient (Wildman–Crippen LogP) is -0.355. The Hall–Kier alpha value is -2.29. The molecule has 2 N–H and O–H groups in total. The average Bonchev–Trinajstić information content (AvgIpc) is 2.97. The minimum Gasteiger partial charge on any atom is -0.461 e. The van der Waals surface area contributed by atoms with Crippen LogP contribution in [0, 0.1) is 0 Å². The molecule has 0 unspecified atom stereocenters. The van der Waals surface area contributed by atoms with Crippen molar-refractivity contribution in [3.8, 4) is 12.0 Å². The van der Waals surface area contributed by atoms with Crippen molar-refractivity contribution in [1.29, 1.82) is 0 Å². The smallest absolute Gasteiger partial charge is 0.323 e. The quantitative estimate of drug-likeness (QED) is 0.698. The normalized spacial score (nSPS) is 10.4. The molecular formula is C10H15N7O2. The van der Waals surface area contributed by atoms with Crippen LogP contribution in [0.1, 0.15) is 13.3 Å². The van der Waals surface area contributed by atoms with Crippen molar-refractivity contribution in [2.75, 3.05) is 25.1 Å². The number of aliphatic hydroxyl groups is 1.